The Morgan fingerprint density at radius 1 is 1.18 bits per heavy atom. The van der Waals surface area contributed by atoms with Gasteiger partial charge < -0.3 is 5.32 Å². The molecule has 112 valence electrons. The largest absolute Gasteiger partial charge is 0.341 e. The van der Waals surface area contributed by atoms with Crippen LogP contribution in [0.2, 0.25) is 10.0 Å². The molecule has 0 fully saturated rings. The molecule has 0 saturated carbocycles. The number of fused-ring (bicyclic) bond motifs is 1. The first-order valence-corrected chi connectivity index (χ1v) is 7.30. The number of hydrogen-bond donors (Lipinski definition) is 1. The van der Waals surface area contributed by atoms with Gasteiger partial charge in [0, 0.05) is 17.0 Å². The summed E-state index contributed by atoms with van der Waals surface area (Å²) in [5.74, 6) is -1.13. The molecule has 1 amide bonds. The summed E-state index contributed by atoms with van der Waals surface area (Å²) < 4.78 is 13.2. The molecule has 2 aromatic carbocycles. The van der Waals surface area contributed by atoms with Crippen molar-refractivity contribution in [1.82, 2.24) is 5.32 Å². The lowest BCUT2D eigenvalue weighted by atomic mass is 10.1. The van der Waals surface area contributed by atoms with Crippen LogP contribution in [0.3, 0.4) is 0 Å². The molecule has 0 aliphatic heterocycles. The molecule has 1 atom stereocenters. The Morgan fingerprint density at radius 3 is 2.73 bits per heavy atom. The predicted octanol–water partition coefficient (Wildman–Crippen LogP) is 3.67. The first-order valence-electron chi connectivity index (χ1n) is 6.54. The fourth-order valence-corrected chi connectivity index (χ4v) is 2.87. The van der Waals surface area contributed by atoms with E-state index >= 15 is 0 Å². The fraction of sp³-hybridized carbons (Fsp3) is 0.125. The van der Waals surface area contributed by atoms with Crippen molar-refractivity contribution in [3.63, 3.8) is 0 Å². The van der Waals surface area contributed by atoms with Gasteiger partial charge in [-0.1, -0.05) is 23.2 Å². The first-order chi connectivity index (χ1) is 10.5. The Hall–Kier alpha value is -1.91. The van der Waals surface area contributed by atoms with Crippen LogP contribution in [0.15, 0.2) is 36.4 Å². The van der Waals surface area contributed by atoms with Gasteiger partial charge in [-0.05, 0) is 42.0 Å². The van der Waals surface area contributed by atoms with E-state index in [-0.39, 0.29) is 22.8 Å². The van der Waals surface area contributed by atoms with E-state index in [1.807, 2.05) is 0 Å². The number of nitrogens with one attached hydrogen (secondary N) is 1. The summed E-state index contributed by atoms with van der Waals surface area (Å²) in [6.45, 7) is 0. The van der Waals surface area contributed by atoms with Crippen molar-refractivity contribution in [3.8, 4) is 0 Å². The highest BCUT2D eigenvalue weighted by Gasteiger charge is 2.32. The number of rotatable bonds is 2. The van der Waals surface area contributed by atoms with Crippen molar-refractivity contribution in [2.75, 3.05) is 0 Å². The van der Waals surface area contributed by atoms with Gasteiger partial charge in [0.05, 0.1) is 16.6 Å². The molecule has 1 aliphatic rings. The van der Waals surface area contributed by atoms with Gasteiger partial charge in [-0.2, -0.15) is 0 Å². The number of halogens is 3. The molecule has 0 heterocycles. The second kappa shape index (κ2) is 5.71. The van der Waals surface area contributed by atoms with Gasteiger partial charge in [0.2, 0.25) is 0 Å². The molecule has 3 nitrogen and oxygen atoms in total. The molecule has 1 aliphatic carbocycles. The third kappa shape index (κ3) is 2.72. The molecule has 22 heavy (non-hydrogen) atoms. The van der Waals surface area contributed by atoms with Crippen molar-refractivity contribution >= 4 is 34.9 Å². The summed E-state index contributed by atoms with van der Waals surface area (Å²) in [6, 6.07) is 7.77. The number of hydrogen-bond acceptors (Lipinski definition) is 2. The van der Waals surface area contributed by atoms with Crippen LogP contribution >= 0.6 is 23.2 Å². The van der Waals surface area contributed by atoms with Crippen LogP contribution in [0.4, 0.5) is 4.39 Å². The summed E-state index contributed by atoms with van der Waals surface area (Å²) in [5.41, 5.74) is 1.22. The highest BCUT2D eigenvalue weighted by molar-refractivity contribution is 6.35. The lowest BCUT2D eigenvalue weighted by Crippen LogP contribution is -2.39. The molecule has 0 bridgehead atoms. The molecule has 0 radical (unpaired) electrons. The van der Waals surface area contributed by atoms with E-state index in [0.717, 1.165) is 0 Å². The van der Waals surface area contributed by atoms with E-state index in [2.05, 4.69) is 5.32 Å². The highest BCUT2D eigenvalue weighted by atomic mass is 35.5. The molecular weight excluding hydrogens is 328 g/mol. The lowest BCUT2D eigenvalue weighted by Gasteiger charge is -2.12. The van der Waals surface area contributed by atoms with Gasteiger partial charge in [-0.25, -0.2) is 4.39 Å². The van der Waals surface area contributed by atoms with Gasteiger partial charge in [0.25, 0.3) is 5.91 Å². The minimum Gasteiger partial charge on any atom is -0.341 e. The number of carbonyl (C=O) groups excluding carboxylic acids is 2. The van der Waals surface area contributed by atoms with Crippen molar-refractivity contribution < 1.29 is 14.0 Å². The normalized spacial score (nSPS) is 16.5. The minimum atomic E-state index is -0.723. The van der Waals surface area contributed by atoms with Crippen molar-refractivity contribution in [2.45, 2.75) is 12.5 Å². The van der Waals surface area contributed by atoms with E-state index < -0.39 is 17.8 Å². The van der Waals surface area contributed by atoms with E-state index in [0.29, 0.717) is 16.1 Å². The third-order valence-corrected chi connectivity index (χ3v) is 4.12. The average molecular weight is 338 g/mol. The van der Waals surface area contributed by atoms with Crippen molar-refractivity contribution in [1.29, 1.82) is 0 Å². The summed E-state index contributed by atoms with van der Waals surface area (Å²) >= 11 is 11.8. The van der Waals surface area contributed by atoms with E-state index in [1.165, 1.54) is 30.3 Å². The van der Waals surface area contributed by atoms with Crippen LogP contribution in [0.25, 0.3) is 0 Å². The zero-order valence-corrected chi connectivity index (χ0v) is 12.7. The second-order valence-corrected chi connectivity index (χ2v) is 5.86. The summed E-state index contributed by atoms with van der Waals surface area (Å²) in [4.78, 5) is 24.5. The Morgan fingerprint density at radius 2 is 1.95 bits per heavy atom. The quantitative estimate of drug-likeness (QED) is 0.908. The minimum absolute atomic E-state index is 0.198. The van der Waals surface area contributed by atoms with Crippen LogP contribution in [-0.4, -0.2) is 17.7 Å². The Balaban J connectivity index is 1.82. The number of benzene rings is 2. The first kappa shape index (κ1) is 15.0. The molecule has 3 rings (SSSR count). The zero-order chi connectivity index (χ0) is 15.9. The maximum atomic E-state index is 13.2. The molecule has 6 heteroatoms. The Bertz CT molecular complexity index is 792. The van der Waals surface area contributed by atoms with E-state index in [1.54, 1.807) is 6.07 Å². The van der Waals surface area contributed by atoms with Crippen LogP contribution in [0, 0.1) is 5.82 Å². The predicted molar refractivity (Wildman–Crippen MR) is 82.2 cm³/mol. The van der Waals surface area contributed by atoms with E-state index in [9.17, 15) is 14.0 Å². The molecule has 0 saturated heterocycles. The van der Waals surface area contributed by atoms with E-state index in [4.69, 9.17) is 23.2 Å². The van der Waals surface area contributed by atoms with Crippen molar-refractivity contribution in [2.24, 2.45) is 0 Å². The van der Waals surface area contributed by atoms with Gasteiger partial charge in [-0.15, -0.1) is 0 Å². The Kier molecular flexibility index (Phi) is 3.89. The van der Waals surface area contributed by atoms with Crippen LogP contribution in [0.5, 0.6) is 0 Å². The molecule has 1 N–H and O–H groups in total. The van der Waals surface area contributed by atoms with Crippen LogP contribution in [-0.2, 0) is 6.42 Å². The summed E-state index contributed by atoms with van der Waals surface area (Å²) in [7, 11) is 0. The Labute approximate surface area is 136 Å². The lowest BCUT2D eigenvalue weighted by molar-refractivity contribution is 0.0868. The van der Waals surface area contributed by atoms with Crippen molar-refractivity contribution in [3.05, 3.63) is 69.0 Å². The number of Topliss-reactive ketones (excluding diaryl/α,β-unsaturated/α-hetero) is 1. The highest BCUT2D eigenvalue weighted by Crippen LogP contribution is 2.25. The smallest absolute Gasteiger partial charge is 0.253 e. The standard InChI is InChI=1S/C16H10Cl2FNO2/c17-9-1-4-13(18)12(7-9)16(22)20-14-6-8-5-10(19)2-3-11(8)15(14)21/h1-5,7,14H,6H2,(H,20,22). The molecule has 2 aromatic rings. The van der Waals surface area contributed by atoms with Gasteiger partial charge >= 0.3 is 0 Å². The molecule has 0 aromatic heterocycles. The monoisotopic (exact) mass is 337 g/mol. The maximum absolute atomic E-state index is 13.2. The summed E-state index contributed by atoms with van der Waals surface area (Å²) in [5, 5.41) is 3.24. The number of amides is 1. The van der Waals surface area contributed by atoms with Crippen LogP contribution < -0.4 is 5.32 Å². The van der Waals surface area contributed by atoms with Gasteiger partial charge in [0.1, 0.15) is 5.82 Å². The topological polar surface area (TPSA) is 46.2 Å². The van der Waals surface area contributed by atoms with Gasteiger partial charge in [0.15, 0.2) is 5.78 Å². The van der Waals surface area contributed by atoms with Crippen LogP contribution in [0.1, 0.15) is 26.3 Å². The average Bonchev–Trinajstić information content (AvgIpc) is 2.77. The molecular formula is C16H10Cl2FNO2. The molecule has 1 unspecified atom stereocenters. The van der Waals surface area contributed by atoms with Gasteiger partial charge in [-0.3, -0.25) is 9.59 Å². The third-order valence-electron chi connectivity index (χ3n) is 3.55. The SMILES string of the molecule is O=C(NC1Cc2cc(F)ccc2C1=O)c1cc(Cl)ccc1Cl. The summed E-state index contributed by atoms with van der Waals surface area (Å²) in [6.07, 6.45) is 0.260. The number of ketones is 1. The second-order valence-electron chi connectivity index (χ2n) is 5.02. The fourth-order valence-electron chi connectivity index (χ4n) is 2.50. The number of carbonyl (C=O) groups is 2. The molecule has 0 spiro atoms. The zero-order valence-electron chi connectivity index (χ0n) is 11.2. The maximum Gasteiger partial charge on any atom is 0.253 e.